The largest absolute Gasteiger partial charge is 0.354 e. The molecule has 1 heterocycles. The highest BCUT2D eigenvalue weighted by molar-refractivity contribution is 5.81. The summed E-state index contributed by atoms with van der Waals surface area (Å²) in [7, 11) is 6.02. The molecule has 3 rings (SSSR count). The molecule has 2 unspecified atom stereocenters. The molecule has 2 aliphatic rings. The number of rotatable bonds is 6. The molecule has 6 heteroatoms. The molecule has 2 N–H and O–H groups in total. The van der Waals surface area contributed by atoms with E-state index in [1.165, 1.54) is 30.4 Å². The third-order valence-electron chi connectivity index (χ3n) is 6.57. The number of amides is 1. The monoisotopic (exact) mass is 413 g/mol. The molecular weight excluding hydrogens is 374 g/mol. The minimum Gasteiger partial charge on any atom is -0.354 e. The lowest BCUT2D eigenvalue weighted by Gasteiger charge is -2.27. The van der Waals surface area contributed by atoms with Gasteiger partial charge in [-0.25, -0.2) is 0 Å². The molecule has 1 aromatic rings. The Morgan fingerprint density at radius 1 is 1.17 bits per heavy atom. The molecule has 1 aliphatic carbocycles. The van der Waals surface area contributed by atoms with Crippen LogP contribution >= 0.6 is 0 Å². The van der Waals surface area contributed by atoms with E-state index in [2.05, 4.69) is 70.7 Å². The number of aryl methyl sites for hydroxylation is 1. The third kappa shape index (κ3) is 5.97. The Hall–Kier alpha value is -2.08. The van der Waals surface area contributed by atoms with Crippen molar-refractivity contribution in [2.24, 2.45) is 10.9 Å². The first-order valence-electron chi connectivity index (χ1n) is 11.5. The molecule has 2 fully saturated rings. The highest BCUT2D eigenvalue weighted by Gasteiger charge is 2.31. The summed E-state index contributed by atoms with van der Waals surface area (Å²) >= 11 is 0. The number of carbonyl (C=O) groups is 1. The van der Waals surface area contributed by atoms with Crippen molar-refractivity contribution in [2.45, 2.75) is 57.5 Å². The van der Waals surface area contributed by atoms with Crippen LogP contribution in [0.25, 0.3) is 0 Å². The Morgan fingerprint density at radius 2 is 1.87 bits per heavy atom. The topological polar surface area (TPSA) is 60.0 Å². The minimum absolute atomic E-state index is 0.255. The van der Waals surface area contributed by atoms with Crippen molar-refractivity contribution in [3.8, 4) is 0 Å². The summed E-state index contributed by atoms with van der Waals surface area (Å²) < 4.78 is 0. The maximum atomic E-state index is 12.8. The number of hydrogen-bond donors (Lipinski definition) is 2. The number of carbonyl (C=O) groups excluding carboxylic acids is 1. The lowest BCUT2D eigenvalue weighted by molar-refractivity contribution is -0.135. The zero-order valence-electron chi connectivity index (χ0n) is 19.2. The Balaban J connectivity index is 1.50. The number of likely N-dealkylation sites (tertiary alicyclic amines) is 1. The third-order valence-corrected chi connectivity index (χ3v) is 6.57. The van der Waals surface area contributed by atoms with Gasteiger partial charge >= 0.3 is 0 Å². The number of benzene rings is 1. The molecule has 1 aromatic carbocycles. The fourth-order valence-electron chi connectivity index (χ4n) is 4.65. The second-order valence-electron chi connectivity index (χ2n) is 9.09. The van der Waals surface area contributed by atoms with Crippen LogP contribution in [0.2, 0.25) is 0 Å². The van der Waals surface area contributed by atoms with Crippen molar-refractivity contribution in [3.63, 3.8) is 0 Å². The van der Waals surface area contributed by atoms with Crippen molar-refractivity contribution in [1.29, 1.82) is 0 Å². The number of nitrogens with one attached hydrogen (secondary N) is 2. The van der Waals surface area contributed by atoms with E-state index in [1.54, 1.807) is 0 Å². The zero-order valence-corrected chi connectivity index (χ0v) is 19.2. The molecule has 1 saturated carbocycles. The molecule has 166 valence electrons. The van der Waals surface area contributed by atoms with E-state index in [9.17, 15) is 4.79 Å². The van der Waals surface area contributed by atoms with Gasteiger partial charge in [0.1, 0.15) is 0 Å². The van der Waals surface area contributed by atoms with E-state index in [0.717, 1.165) is 44.9 Å². The first-order chi connectivity index (χ1) is 14.5. The normalized spacial score (nSPS) is 21.7. The summed E-state index contributed by atoms with van der Waals surface area (Å²) in [5.74, 6) is 1.44. The molecule has 30 heavy (non-hydrogen) atoms. The maximum Gasteiger partial charge on any atom is 0.225 e. The van der Waals surface area contributed by atoms with Crippen LogP contribution in [0.5, 0.6) is 0 Å². The summed E-state index contributed by atoms with van der Waals surface area (Å²) in [6, 6.07) is 9.25. The van der Waals surface area contributed by atoms with Gasteiger partial charge in [0.05, 0.1) is 6.04 Å². The number of guanidine groups is 1. The Kier molecular flexibility index (Phi) is 8.14. The summed E-state index contributed by atoms with van der Waals surface area (Å²) in [5.41, 5.74) is 2.56. The maximum absolute atomic E-state index is 12.8. The summed E-state index contributed by atoms with van der Waals surface area (Å²) in [6.45, 7) is 4.52. The molecule has 6 nitrogen and oxygen atoms in total. The van der Waals surface area contributed by atoms with Crippen LogP contribution in [0.4, 0.5) is 0 Å². The van der Waals surface area contributed by atoms with Gasteiger partial charge in [0, 0.05) is 38.6 Å². The van der Waals surface area contributed by atoms with E-state index in [-0.39, 0.29) is 18.0 Å². The predicted molar refractivity (Wildman–Crippen MR) is 124 cm³/mol. The summed E-state index contributed by atoms with van der Waals surface area (Å²) in [4.78, 5) is 21.5. The SMILES string of the molecule is CN=C(NCC(c1ccc(C)cc1)N(C)C)NC1CCN(C(=O)C2CCCCC2)C1. The molecule has 0 radical (unpaired) electrons. The molecule has 1 saturated heterocycles. The molecule has 1 amide bonds. The first-order valence-corrected chi connectivity index (χ1v) is 11.5. The van der Waals surface area contributed by atoms with Crippen LogP contribution in [-0.4, -0.2) is 68.5 Å². The van der Waals surface area contributed by atoms with Gasteiger partial charge in [-0.05, 0) is 45.8 Å². The van der Waals surface area contributed by atoms with Gasteiger partial charge in [0.2, 0.25) is 5.91 Å². The predicted octanol–water partition coefficient (Wildman–Crippen LogP) is 2.94. The molecule has 0 spiro atoms. The van der Waals surface area contributed by atoms with Gasteiger partial charge in [-0.2, -0.15) is 0 Å². The van der Waals surface area contributed by atoms with Crippen LogP contribution in [0, 0.1) is 12.8 Å². The van der Waals surface area contributed by atoms with Gasteiger partial charge in [-0.15, -0.1) is 0 Å². The number of hydrogen-bond acceptors (Lipinski definition) is 3. The van der Waals surface area contributed by atoms with E-state index < -0.39 is 0 Å². The summed E-state index contributed by atoms with van der Waals surface area (Å²) in [5, 5.41) is 7.03. The van der Waals surface area contributed by atoms with E-state index in [1.807, 2.05) is 7.05 Å². The van der Waals surface area contributed by atoms with Crippen molar-refractivity contribution in [2.75, 3.05) is 40.8 Å². The fraction of sp³-hybridized carbons (Fsp3) is 0.667. The van der Waals surface area contributed by atoms with Gasteiger partial charge in [-0.1, -0.05) is 49.1 Å². The number of aliphatic imine (C=N–C) groups is 1. The van der Waals surface area contributed by atoms with Crippen molar-refractivity contribution in [1.82, 2.24) is 20.4 Å². The molecule has 1 aliphatic heterocycles. The van der Waals surface area contributed by atoms with E-state index >= 15 is 0 Å². The molecule has 2 atom stereocenters. The van der Waals surface area contributed by atoms with Crippen molar-refractivity contribution < 1.29 is 4.79 Å². The lowest BCUT2D eigenvalue weighted by atomic mass is 9.88. The summed E-state index contributed by atoms with van der Waals surface area (Å²) in [6.07, 6.45) is 6.82. The van der Waals surface area contributed by atoms with E-state index in [0.29, 0.717) is 5.91 Å². The zero-order chi connectivity index (χ0) is 21.5. The van der Waals surface area contributed by atoms with Gasteiger partial charge < -0.3 is 20.4 Å². The number of nitrogens with zero attached hydrogens (tertiary/aromatic N) is 3. The van der Waals surface area contributed by atoms with Crippen LogP contribution in [0.15, 0.2) is 29.3 Å². The highest BCUT2D eigenvalue weighted by Crippen LogP contribution is 2.26. The average molecular weight is 414 g/mol. The van der Waals surface area contributed by atoms with Crippen LogP contribution < -0.4 is 10.6 Å². The molecule has 0 bridgehead atoms. The number of likely N-dealkylation sites (N-methyl/N-ethyl adjacent to an activating group) is 1. The fourth-order valence-corrected chi connectivity index (χ4v) is 4.65. The molecular formula is C24H39N5O. The lowest BCUT2D eigenvalue weighted by Crippen LogP contribution is -2.47. The Morgan fingerprint density at radius 3 is 2.50 bits per heavy atom. The van der Waals surface area contributed by atoms with Crippen LogP contribution in [-0.2, 0) is 4.79 Å². The molecule has 0 aromatic heterocycles. The Labute approximate surface area is 182 Å². The average Bonchev–Trinajstić information content (AvgIpc) is 3.22. The van der Waals surface area contributed by atoms with Crippen molar-refractivity contribution >= 4 is 11.9 Å². The van der Waals surface area contributed by atoms with Gasteiger partial charge in [-0.3, -0.25) is 9.79 Å². The van der Waals surface area contributed by atoms with Gasteiger partial charge in [0.15, 0.2) is 5.96 Å². The first kappa shape index (κ1) is 22.6. The van der Waals surface area contributed by atoms with Crippen LogP contribution in [0.3, 0.4) is 0 Å². The minimum atomic E-state index is 0.255. The smallest absolute Gasteiger partial charge is 0.225 e. The highest BCUT2D eigenvalue weighted by atomic mass is 16.2. The van der Waals surface area contributed by atoms with Crippen LogP contribution in [0.1, 0.15) is 55.7 Å². The van der Waals surface area contributed by atoms with E-state index in [4.69, 9.17) is 0 Å². The second-order valence-corrected chi connectivity index (χ2v) is 9.09. The standard InChI is InChI=1S/C24H39N5O/c1-18-10-12-19(13-11-18)22(28(3)4)16-26-24(25-2)27-21-14-15-29(17-21)23(30)20-8-6-5-7-9-20/h10-13,20-22H,5-9,14-17H2,1-4H3,(H2,25,26,27). The van der Waals surface area contributed by atoms with Crippen molar-refractivity contribution in [3.05, 3.63) is 35.4 Å². The quantitative estimate of drug-likeness (QED) is 0.556. The second kappa shape index (κ2) is 10.8. The van der Waals surface area contributed by atoms with Gasteiger partial charge in [0.25, 0.3) is 0 Å². The Bertz CT molecular complexity index is 709.